The second kappa shape index (κ2) is 6.59. The number of hydrogen-bond donors (Lipinski definition) is 2. The Bertz CT molecular complexity index is 379. The Hall–Kier alpha value is -1.10. The summed E-state index contributed by atoms with van der Waals surface area (Å²) < 4.78 is 4.70. The first kappa shape index (κ1) is 14.0. The van der Waals surface area contributed by atoms with Gasteiger partial charge in [0.1, 0.15) is 0 Å². The molecule has 2 N–H and O–H groups in total. The van der Waals surface area contributed by atoms with Crippen molar-refractivity contribution in [3.63, 3.8) is 0 Å². The Morgan fingerprint density at radius 3 is 2.88 bits per heavy atom. The van der Waals surface area contributed by atoms with Crippen molar-refractivity contribution >= 4 is 18.4 Å². The zero-order valence-corrected chi connectivity index (χ0v) is 10.5. The number of nitrogens with one attached hydrogen (secondary N) is 2. The molecule has 1 aliphatic rings. The first-order chi connectivity index (χ1) is 7.81. The molecule has 1 aliphatic heterocycles. The van der Waals surface area contributed by atoms with Crippen LogP contribution in [0.4, 0.5) is 0 Å². The van der Waals surface area contributed by atoms with Crippen LogP contribution in [-0.2, 0) is 4.74 Å². The summed E-state index contributed by atoms with van der Waals surface area (Å²) in [6.07, 6.45) is 0. The van der Waals surface area contributed by atoms with E-state index in [0.717, 1.165) is 25.2 Å². The van der Waals surface area contributed by atoms with Crippen LogP contribution in [-0.4, -0.2) is 32.7 Å². The van der Waals surface area contributed by atoms with E-state index >= 15 is 0 Å². The highest BCUT2D eigenvalue weighted by Crippen LogP contribution is 2.15. The zero-order valence-electron chi connectivity index (χ0n) is 9.73. The molecule has 0 amide bonds. The molecule has 4 nitrogen and oxygen atoms in total. The van der Waals surface area contributed by atoms with Crippen molar-refractivity contribution in [3.8, 4) is 0 Å². The minimum Gasteiger partial charge on any atom is -0.465 e. The van der Waals surface area contributed by atoms with Crippen molar-refractivity contribution in [2.75, 3.05) is 26.7 Å². The maximum Gasteiger partial charge on any atom is 0.337 e. The normalized spacial score (nSPS) is 19.2. The summed E-state index contributed by atoms with van der Waals surface area (Å²) in [5, 5.41) is 6.72. The second-order valence-electron chi connectivity index (χ2n) is 3.83. The molecule has 0 unspecified atom stereocenters. The lowest BCUT2D eigenvalue weighted by Crippen LogP contribution is -2.42. The molecule has 0 aliphatic carbocycles. The van der Waals surface area contributed by atoms with Crippen molar-refractivity contribution in [1.82, 2.24) is 10.6 Å². The number of benzene rings is 1. The molecular formula is C12H17ClN2O2. The minimum atomic E-state index is -0.286. The highest BCUT2D eigenvalue weighted by Gasteiger charge is 2.15. The predicted octanol–water partition coefficient (Wildman–Crippen LogP) is 1.13. The van der Waals surface area contributed by atoms with Crippen molar-refractivity contribution in [3.05, 3.63) is 35.4 Å². The van der Waals surface area contributed by atoms with Gasteiger partial charge >= 0.3 is 5.97 Å². The van der Waals surface area contributed by atoms with E-state index in [0.29, 0.717) is 5.56 Å². The largest absolute Gasteiger partial charge is 0.465 e. The molecule has 5 heteroatoms. The molecule has 94 valence electrons. The first-order valence-corrected chi connectivity index (χ1v) is 5.43. The molecular weight excluding hydrogens is 240 g/mol. The summed E-state index contributed by atoms with van der Waals surface area (Å²) in [5.41, 5.74) is 1.72. The molecule has 17 heavy (non-hydrogen) atoms. The minimum absolute atomic E-state index is 0. The van der Waals surface area contributed by atoms with E-state index < -0.39 is 0 Å². The van der Waals surface area contributed by atoms with Crippen LogP contribution in [0, 0.1) is 0 Å². The lowest BCUT2D eigenvalue weighted by Gasteiger charge is -2.25. The van der Waals surface area contributed by atoms with E-state index in [1.165, 1.54) is 7.11 Å². The van der Waals surface area contributed by atoms with Crippen LogP contribution < -0.4 is 10.6 Å². The van der Waals surface area contributed by atoms with E-state index in [9.17, 15) is 4.79 Å². The van der Waals surface area contributed by atoms with Gasteiger partial charge in [0.15, 0.2) is 0 Å². The lowest BCUT2D eigenvalue weighted by molar-refractivity contribution is 0.0600. The molecule has 1 fully saturated rings. The quantitative estimate of drug-likeness (QED) is 0.779. The summed E-state index contributed by atoms with van der Waals surface area (Å²) in [6.45, 7) is 2.84. The molecule has 0 aromatic heterocycles. The molecule has 1 heterocycles. The SMILES string of the molecule is COC(=O)c1cccc([C@H]2CNCCN2)c1.Cl. The van der Waals surface area contributed by atoms with Gasteiger partial charge in [-0.2, -0.15) is 0 Å². The van der Waals surface area contributed by atoms with Gasteiger partial charge in [0.05, 0.1) is 12.7 Å². The van der Waals surface area contributed by atoms with Gasteiger partial charge in [-0.15, -0.1) is 12.4 Å². The molecule has 0 radical (unpaired) electrons. The Morgan fingerprint density at radius 2 is 2.24 bits per heavy atom. The van der Waals surface area contributed by atoms with Crippen LogP contribution in [0.5, 0.6) is 0 Å². The number of carbonyl (C=O) groups is 1. The summed E-state index contributed by atoms with van der Waals surface area (Å²) in [5.74, 6) is -0.286. The van der Waals surface area contributed by atoms with Gasteiger partial charge in [-0.05, 0) is 17.7 Å². The van der Waals surface area contributed by atoms with Gasteiger partial charge in [-0.1, -0.05) is 12.1 Å². The van der Waals surface area contributed by atoms with Crippen LogP contribution in [0.25, 0.3) is 0 Å². The zero-order chi connectivity index (χ0) is 11.4. The van der Waals surface area contributed by atoms with Gasteiger partial charge in [0.25, 0.3) is 0 Å². The van der Waals surface area contributed by atoms with Crippen molar-refractivity contribution in [2.24, 2.45) is 0 Å². The van der Waals surface area contributed by atoms with Gasteiger partial charge in [-0.3, -0.25) is 0 Å². The van der Waals surface area contributed by atoms with E-state index in [2.05, 4.69) is 10.6 Å². The monoisotopic (exact) mass is 256 g/mol. The average molecular weight is 257 g/mol. The number of piperazine rings is 1. The third kappa shape index (κ3) is 3.43. The fourth-order valence-corrected chi connectivity index (χ4v) is 1.89. The van der Waals surface area contributed by atoms with Crippen LogP contribution in [0.15, 0.2) is 24.3 Å². The Labute approximate surface area is 107 Å². The third-order valence-corrected chi connectivity index (χ3v) is 2.75. The van der Waals surface area contributed by atoms with Crippen LogP contribution >= 0.6 is 12.4 Å². The third-order valence-electron chi connectivity index (χ3n) is 2.75. The lowest BCUT2D eigenvalue weighted by atomic mass is 10.0. The van der Waals surface area contributed by atoms with E-state index in [4.69, 9.17) is 4.74 Å². The van der Waals surface area contributed by atoms with Gasteiger partial charge in [0.2, 0.25) is 0 Å². The Balaban J connectivity index is 0.00000144. The number of hydrogen-bond acceptors (Lipinski definition) is 4. The molecule has 1 aromatic rings. The standard InChI is InChI=1S/C12H16N2O2.ClH/c1-16-12(15)10-4-2-3-9(7-10)11-8-13-5-6-14-11;/h2-4,7,11,13-14H,5-6,8H2,1H3;1H/t11-;/m1./s1. The number of halogens is 1. The number of carbonyl (C=O) groups excluding carboxylic acids is 1. The van der Waals surface area contributed by atoms with Crippen LogP contribution in [0.1, 0.15) is 22.0 Å². The summed E-state index contributed by atoms with van der Waals surface area (Å²) in [7, 11) is 1.40. The smallest absolute Gasteiger partial charge is 0.337 e. The van der Waals surface area contributed by atoms with Crippen LogP contribution in [0.3, 0.4) is 0 Å². The average Bonchev–Trinajstić information content (AvgIpc) is 2.39. The van der Waals surface area contributed by atoms with Crippen LogP contribution in [0.2, 0.25) is 0 Å². The molecule has 1 saturated heterocycles. The van der Waals surface area contributed by atoms with Crippen molar-refractivity contribution < 1.29 is 9.53 Å². The first-order valence-electron chi connectivity index (χ1n) is 5.43. The highest BCUT2D eigenvalue weighted by atomic mass is 35.5. The molecule has 0 spiro atoms. The molecule has 1 aromatic carbocycles. The highest BCUT2D eigenvalue weighted by molar-refractivity contribution is 5.89. The number of rotatable bonds is 2. The topological polar surface area (TPSA) is 50.4 Å². The number of methoxy groups -OCH3 is 1. The van der Waals surface area contributed by atoms with Crippen molar-refractivity contribution in [1.29, 1.82) is 0 Å². The fourth-order valence-electron chi connectivity index (χ4n) is 1.89. The second-order valence-corrected chi connectivity index (χ2v) is 3.83. The predicted molar refractivity (Wildman–Crippen MR) is 68.6 cm³/mol. The van der Waals surface area contributed by atoms with Gasteiger partial charge < -0.3 is 15.4 Å². The number of esters is 1. The maximum absolute atomic E-state index is 11.4. The number of ether oxygens (including phenoxy) is 1. The Kier molecular flexibility index (Phi) is 5.41. The summed E-state index contributed by atoms with van der Waals surface area (Å²) in [6, 6.07) is 7.84. The molecule has 0 saturated carbocycles. The maximum atomic E-state index is 11.4. The molecule has 1 atom stereocenters. The van der Waals surface area contributed by atoms with E-state index in [1.807, 2.05) is 18.2 Å². The van der Waals surface area contributed by atoms with E-state index in [-0.39, 0.29) is 24.4 Å². The molecule has 2 rings (SSSR count). The summed E-state index contributed by atoms with van der Waals surface area (Å²) >= 11 is 0. The van der Waals surface area contributed by atoms with E-state index in [1.54, 1.807) is 6.07 Å². The molecule has 0 bridgehead atoms. The van der Waals surface area contributed by atoms with Crippen molar-refractivity contribution in [2.45, 2.75) is 6.04 Å². The van der Waals surface area contributed by atoms with Gasteiger partial charge in [0, 0.05) is 25.7 Å². The Morgan fingerprint density at radius 1 is 1.41 bits per heavy atom. The fraction of sp³-hybridized carbons (Fsp3) is 0.417. The van der Waals surface area contributed by atoms with Gasteiger partial charge in [-0.25, -0.2) is 4.79 Å². The summed E-state index contributed by atoms with van der Waals surface area (Å²) in [4.78, 5) is 11.4.